The summed E-state index contributed by atoms with van der Waals surface area (Å²) in [5.41, 5.74) is 0.587. The number of aryl methyl sites for hydroxylation is 1. The van der Waals surface area contributed by atoms with E-state index < -0.39 is 0 Å². The van der Waals surface area contributed by atoms with Crippen LogP contribution in [0.3, 0.4) is 0 Å². The van der Waals surface area contributed by atoms with E-state index in [1.807, 2.05) is 4.57 Å². The Hall–Kier alpha value is -1.82. The van der Waals surface area contributed by atoms with Gasteiger partial charge < -0.3 is 9.88 Å². The number of halogens is 1. The molecule has 2 aromatic rings. The van der Waals surface area contributed by atoms with Gasteiger partial charge in [-0.15, -0.1) is 0 Å². The molecule has 0 aliphatic carbocycles. The SMILES string of the molecule is CCCn1cc(Cl)cc1C(=O)NCCc1ncn[nH]1. The highest BCUT2D eigenvalue weighted by atomic mass is 35.5. The minimum atomic E-state index is -0.125. The van der Waals surface area contributed by atoms with Crippen LogP contribution in [0, 0.1) is 0 Å². The van der Waals surface area contributed by atoms with Gasteiger partial charge in [-0.3, -0.25) is 9.89 Å². The molecule has 0 radical (unpaired) electrons. The molecule has 2 aromatic heterocycles. The van der Waals surface area contributed by atoms with Gasteiger partial charge >= 0.3 is 0 Å². The van der Waals surface area contributed by atoms with Crippen molar-refractivity contribution in [3.63, 3.8) is 0 Å². The van der Waals surface area contributed by atoms with Crippen LogP contribution in [0.25, 0.3) is 0 Å². The second kappa shape index (κ2) is 6.38. The predicted octanol–water partition coefficient (Wildman–Crippen LogP) is 1.64. The van der Waals surface area contributed by atoms with E-state index in [2.05, 4.69) is 27.4 Å². The molecule has 7 heteroatoms. The molecule has 2 rings (SSSR count). The molecule has 0 atom stereocenters. The van der Waals surface area contributed by atoms with E-state index in [4.69, 9.17) is 11.6 Å². The molecule has 0 aliphatic heterocycles. The summed E-state index contributed by atoms with van der Waals surface area (Å²) in [4.78, 5) is 16.0. The van der Waals surface area contributed by atoms with E-state index in [-0.39, 0.29) is 5.91 Å². The van der Waals surface area contributed by atoms with Gasteiger partial charge in [-0.1, -0.05) is 18.5 Å². The number of aromatic amines is 1. The van der Waals surface area contributed by atoms with Gasteiger partial charge in [0.05, 0.1) is 5.02 Å². The number of hydrogen-bond donors (Lipinski definition) is 2. The quantitative estimate of drug-likeness (QED) is 0.845. The van der Waals surface area contributed by atoms with Gasteiger partial charge in [-0.05, 0) is 12.5 Å². The van der Waals surface area contributed by atoms with Gasteiger partial charge in [0.2, 0.25) is 0 Å². The highest BCUT2D eigenvalue weighted by Crippen LogP contribution is 2.14. The first kappa shape index (κ1) is 13.6. The van der Waals surface area contributed by atoms with Crippen LogP contribution in [0.2, 0.25) is 5.02 Å². The van der Waals surface area contributed by atoms with Gasteiger partial charge in [0.25, 0.3) is 5.91 Å². The highest BCUT2D eigenvalue weighted by molar-refractivity contribution is 6.31. The summed E-state index contributed by atoms with van der Waals surface area (Å²) < 4.78 is 1.87. The number of carbonyl (C=O) groups is 1. The van der Waals surface area contributed by atoms with Gasteiger partial charge in [-0.25, -0.2) is 4.98 Å². The number of carbonyl (C=O) groups excluding carboxylic acids is 1. The summed E-state index contributed by atoms with van der Waals surface area (Å²) >= 11 is 5.94. The largest absolute Gasteiger partial charge is 0.350 e. The molecule has 0 aliphatic rings. The van der Waals surface area contributed by atoms with Crippen molar-refractivity contribution in [2.75, 3.05) is 6.54 Å². The van der Waals surface area contributed by atoms with Crippen molar-refractivity contribution >= 4 is 17.5 Å². The Kier molecular flexibility index (Phi) is 4.57. The van der Waals surface area contributed by atoms with Crippen molar-refractivity contribution in [1.29, 1.82) is 0 Å². The maximum absolute atomic E-state index is 12.0. The van der Waals surface area contributed by atoms with E-state index >= 15 is 0 Å². The third-order valence-electron chi connectivity index (χ3n) is 2.67. The smallest absolute Gasteiger partial charge is 0.267 e. The van der Waals surface area contributed by atoms with E-state index in [1.54, 1.807) is 12.3 Å². The molecule has 6 nitrogen and oxygen atoms in total. The Bertz CT molecular complexity index is 534. The van der Waals surface area contributed by atoms with Gasteiger partial charge in [0.15, 0.2) is 0 Å². The van der Waals surface area contributed by atoms with Crippen molar-refractivity contribution in [1.82, 2.24) is 25.1 Å². The molecule has 0 fully saturated rings. The van der Waals surface area contributed by atoms with E-state index in [0.29, 0.717) is 23.7 Å². The number of amides is 1. The Morgan fingerprint density at radius 2 is 2.42 bits per heavy atom. The van der Waals surface area contributed by atoms with Crippen LogP contribution in [-0.4, -0.2) is 32.2 Å². The standard InChI is InChI=1S/C12H16ClN5O/c1-2-5-18-7-9(13)6-10(18)12(19)14-4-3-11-15-8-16-17-11/h6-8H,2-5H2,1H3,(H,14,19)(H,15,16,17). The van der Waals surface area contributed by atoms with Crippen molar-refractivity contribution in [3.05, 3.63) is 35.1 Å². The number of rotatable bonds is 6. The summed E-state index contributed by atoms with van der Waals surface area (Å²) in [6.45, 7) is 3.33. The molecule has 0 aromatic carbocycles. The first-order chi connectivity index (χ1) is 9.20. The highest BCUT2D eigenvalue weighted by Gasteiger charge is 2.12. The number of aromatic nitrogens is 4. The molecule has 2 N–H and O–H groups in total. The average molecular weight is 282 g/mol. The second-order valence-electron chi connectivity index (χ2n) is 4.18. The van der Waals surface area contributed by atoms with Gasteiger partial charge in [0.1, 0.15) is 17.8 Å². The van der Waals surface area contributed by atoms with Gasteiger partial charge in [-0.2, -0.15) is 5.10 Å². The number of nitrogens with one attached hydrogen (secondary N) is 2. The van der Waals surface area contributed by atoms with Crippen LogP contribution in [0.5, 0.6) is 0 Å². The molecule has 0 saturated heterocycles. The Labute approximate surface area is 116 Å². The van der Waals surface area contributed by atoms with Crippen molar-refractivity contribution in [3.8, 4) is 0 Å². The predicted molar refractivity (Wildman–Crippen MR) is 72.2 cm³/mol. The molecular formula is C12H16ClN5O. The van der Waals surface area contributed by atoms with E-state index in [0.717, 1.165) is 18.8 Å². The lowest BCUT2D eigenvalue weighted by Crippen LogP contribution is -2.28. The summed E-state index contributed by atoms with van der Waals surface area (Å²) in [5, 5.41) is 9.92. The molecule has 0 spiro atoms. The minimum absolute atomic E-state index is 0.125. The topological polar surface area (TPSA) is 75.6 Å². The zero-order valence-corrected chi connectivity index (χ0v) is 11.4. The molecule has 102 valence electrons. The lowest BCUT2D eigenvalue weighted by Gasteiger charge is -2.07. The molecule has 0 bridgehead atoms. The zero-order valence-electron chi connectivity index (χ0n) is 10.7. The lowest BCUT2D eigenvalue weighted by molar-refractivity contribution is 0.0944. The fourth-order valence-corrected chi connectivity index (χ4v) is 2.05. The third kappa shape index (κ3) is 3.57. The van der Waals surface area contributed by atoms with Crippen LogP contribution in [0.4, 0.5) is 0 Å². The lowest BCUT2D eigenvalue weighted by atomic mass is 10.3. The van der Waals surface area contributed by atoms with Gasteiger partial charge in [0, 0.05) is 25.7 Å². The second-order valence-corrected chi connectivity index (χ2v) is 4.61. The van der Waals surface area contributed by atoms with E-state index in [9.17, 15) is 4.79 Å². The van der Waals surface area contributed by atoms with Crippen molar-refractivity contribution in [2.24, 2.45) is 0 Å². The molecule has 0 unspecified atom stereocenters. The Balaban J connectivity index is 1.92. The van der Waals surface area contributed by atoms with Crippen molar-refractivity contribution in [2.45, 2.75) is 26.3 Å². The molecule has 19 heavy (non-hydrogen) atoms. The molecular weight excluding hydrogens is 266 g/mol. The first-order valence-corrected chi connectivity index (χ1v) is 6.56. The van der Waals surface area contributed by atoms with Crippen LogP contribution in [0.15, 0.2) is 18.6 Å². The summed E-state index contributed by atoms with van der Waals surface area (Å²) in [5.74, 6) is 0.627. The average Bonchev–Trinajstić information content (AvgIpc) is 2.99. The first-order valence-electron chi connectivity index (χ1n) is 6.18. The number of hydrogen-bond acceptors (Lipinski definition) is 3. The third-order valence-corrected chi connectivity index (χ3v) is 2.88. The molecule has 2 heterocycles. The Morgan fingerprint density at radius 3 is 3.11 bits per heavy atom. The fourth-order valence-electron chi connectivity index (χ4n) is 1.83. The maximum Gasteiger partial charge on any atom is 0.267 e. The minimum Gasteiger partial charge on any atom is -0.350 e. The summed E-state index contributed by atoms with van der Waals surface area (Å²) in [7, 11) is 0. The molecule has 1 amide bonds. The Morgan fingerprint density at radius 1 is 1.58 bits per heavy atom. The van der Waals surface area contributed by atoms with E-state index in [1.165, 1.54) is 6.33 Å². The van der Waals surface area contributed by atoms with Crippen molar-refractivity contribution < 1.29 is 4.79 Å². The van der Waals surface area contributed by atoms with Crippen LogP contribution >= 0.6 is 11.6 Å². The maximum atomic E-state index is 12.0. The normalized spacial score (nSPS) is 10.6. The summed E-state index contributed by atoms with van der Waals surface area (Å²) in [6, 6.07) is 1.68. The number of nitrogens with zero attached hydrogens (tertiary/aromatic N) is 3. The number of H-pyrrole nitrogens is 1. The summed E-state index contributed by atoms with van der Waals surface area (Å²) in [6.07, 6.45) is 4.79. The molecule has 0 saturated carbocycles. The van der Waals surface area contributed by atoms with Crippen LogP contribution in [0.1, 0.15) is 29.7 Å². The zero-order chi connectivity index (χ0) is 13.7. The van der Waals surface area contributed by atoms with Crippen LogP contribution < -0.4 is 5.32 Å². The van der Waals surface area contributed by atoms with Crippen LogP contribution in [-0.2, 0) is 13.0 Å². The fraction of sp³-hybridized carbons (Fsp3) is 0.417. The monoisotopic (exact) mass is 281 g/mol.